The number of benzene rings is 3. The summed E-state index contributed by atoms with van der Waals surface area (Å²) in [4.78, 5) is 16.9. The van der Waals surface area contributed by atoms with Gasteiger partial charge in [0, 0.05) is 37.2 Å². The number of hydrogen-bond acceptors (Lipinski definition) is 5. The van der Waals surface area contributed by atoms with Crippen molar-refractivity contribution >= 4 is 38.7 Å². The molecule has 1 N–H and O–H groups in total. The molecule has 1 aliphatic rings. The van der Waals surface area contributed by atoms with Gasteiger partial charge < -0.3 is 14.2 Å². The molecule has 0 bridgehead atoms. The van der Waals surface area contributed by atoms with E-state index in [-0.39, 0.29) is 6.03 Å². The summed E-state index contributed by atoms with van der Waals surface area (Å²) >= 11 is 3.47. The number of urea groups is 1. The number of nitrogens with one attached hydrogen (secondary N) is 1. The molecular formula is C25H23BrN4O3. The van der Waals surface area contributed by atoms with Gasteiger partial charge in [0.25, 0.3) is 0 Å². The lowest BCUT2D eigenvalue weighted by Crippen LogP contribution is -2.49. The largest absolute Gasteiger partial charge is 0.457 e. The second-order valence-corrected chi connectivity index (χ2v) is 8.84. The van der Waals surface area contributed by atoms with Crippen molar-refractivity contribution in [2.45, 2.75) is 6.54 Å². The fraction of sp³-hybridized carbons (Fsp3) is 0.200. The molecule has 1 saturated heterocycles. The molecule has 5 rings (SSSR count). The first kappa shape index (κ1) is 21.5. The molecule has 8 heteroatoms. The highest BCUT2D eigenvalue weighted by Crippen LogP contribution is 2.26. The van der Waals surface area contributed by atoms with Crippen molar-refractivity contribution in [3.05, 3.63) is 82.8 Å². The van der Waals surface area contributed by atoms with Crippen LogP contribution in [0.25, 0.3) is 11.0 Å². The lowest BCUT2D eigenvalue weighted by Gasteiger charge is -2.34. The van der Waals surface area contributed by atoms with Crippen LogP contribution in [0.4, 0.5) is 10.6 Å². The smallest absolute Gasteiger partial charge is 0.323 e. The Labute approximate surface area is 200 Å². The average molecular weight is 507 g/mol. The van der Waals surface area contributed by atoms with E-state index in [9.17, 15) is 4.79 Å². The Bertz CT molecular complexity index is 1270. The van der Waals surface area contributed by atoms with E-state index in [1.807, 2.05) is 65.6 Å². The van der Waals surface area contributed by atoms with Crippen molar-refractivity contribution in [2.75, 3.05) is 31.5 Å². The van der Waals surface area contributed by atoms with Gasteiger partial charge in [-0.3, -0.25) is 10.2 Å². The number of ether oxygens (including phenoxy) is 1. The highest BCUT2D eigenvalue weighted by atomic mass is 79.9. The monoisotopic (exact) mass is 506 g/mol. The average Bonchev–Trinajstić information content (AvgIpc) is 3.23. The summed E-state index contributed by atoms with van der Waals surface area (Å²) < 4.78 is 12.2. The van der Waals surface area contributed by atoms with Gasteiger partial charge in [-0.1, -0.05) is 51.4 Å². The molecule has 0 unspecified atom stereocenters. The van der Waals surface area contributed by atoms with E-state index >= 15 is 0 Å². The fourth-order valence-corrected chi connectivity index (χ4v) is 4.28. The van der Waals surface area contributed by atoms with Crippen LogP contribution in [-0.4, -0.2) is 47.2 Å². The number of fused-ring (bicyclic) bond motifs is 1. The summed E-state index contributed by atoms with van der Waals surface area (Å²) in [6, 6.07) is 23.3. The maximum Gasteiger partial charge on any atom is 0.323 e. The van der Waals surface area contributed by atoms with E-state index in [2.05, 4.69) is 43.4 Å². The minimum Gasteiger partial charge on any atom is -0.457 e. The van der Waals surface area contributed by atoms with Crippen molar-refractivity contribution < 1.29 is 14.1 Å². The SMILES string of the molecule is O=C(Nc1noc2ccccc12)N1CCN(Cc2cccc(Oc3cccc(Br)c3)c2)CC1. The molecule has 7 nitrogen and oxygen atoms in total. The highest BCUT2D eigenvalue weighted by Gasteiger charge is 2.22. The first-order chi connectivity index (χ1) is 16.1. The molecule has 0 spiro atoms. The van der Waals surface area contributed by atoms with E-state index in [0.29, 0.717) is 24.5 Å². The number of anilines is 1. The Balaban J connectivity index is 1.15. The molecule has 3 aromatic carbocycles. The van der Waals surface area contributed by atoms with E-state index in [4.69, 9.17) is 9.26 Å². The fourth-order valence-electron chi connectivity index (χ4n) is 3.90. The second kappa shape index (κ2) is 9.64. The molecule has 2 amide bonds. The molecule has 2 heterocycles. The number of rotatable bonds is 5. The molecule has 168 valence electrons. The standard InChI is InChI=1S/C25H23BrN4O3/c26-19-6-4-8-21(16-19)32-20-7-3-5-18(15-20)17-29-11-13-30(14-12-29)25(31)27-24-22-9-1-2-10-23(22)33-28-24/h1-10,15-16H,11-14,17H2,(H,27,28,31). The third-order valence-electron chi connectivity index (χ3n) is 5.60. The zero-order valence-electron chi connectivity index (χ0n) is 17.9. The van der Waals surface area contributed by atoms with Crippen LogP contribution in [0.15, 0.2) is 81.8 Å². The maximum absolute atomic E-state index is 12.7. The van der Waals surface area contributed by atoms with Crippen LogP contribution >= 0.6 is 15.9 Å². The van der Waals surface area contributed by atoms with Crippen molar-refractivity contribution in [2.24, 2.45) is 0 Å². The maximum atomic E-state index is 12.7. The summed E-state index contributed by atoms with van der Waals surface area (Å²) in [7, 11) is 0. The summed E-state index contributed by atoms with van der Waals surface area (Å²) in [6.45, 7) is 3.69. The van der Waals surface area contributed by atoms with Gasteiger partial charge in [0.2, 0.25) is 0 Å². The zero-order valence-corrected chi connectivity index (χ0v) is 19.5. The third kappa shape index (κ3) is 5.18. The lowest BCUT2D eigenvalue weighted by molar-refractivity contribution is 0.143. The van der Waals surface area contributed by atoms with Gasteiger partial charge >= 0.3 is 6.03 Å². The summed E-state index contributed by atoms with van der Waals surface area (Å²) in [5, 5.41) is 7.66. The first-order valence-corrected chi connectivity index (χ1v) is 11.6. The molecule has 1 fully saturated rings. The minimum atomic E-state index is -0.155. The van der Waals surface area contributed by atoms with Crippen LogP contribution in [0.2, 0.25) is 0 Å². The van der Waals surface area contributed by atoms with Crippen LogP contribution in [0.1, 0.15) is 5.56 Å². The van der Waals surface area contributed by atoms with Gasteiger partial charge in [0.05, 0.1) is 5.39 Å². The lowest BCUT2D eigenvalue weighted by atomic mass is 10.2. The van der Waals surface area contributed by atoms with E-state index in [1.54, 1.807) is 0 Å². The number of halogens is 1. The van der Waals surface area contributed by atoms with Gasteiger partial charge in [0.1, 0.15) is 11.5 Å². The molecule has 1 aromatic heterocycles. The Morgan fingerprint density at radius 2 is 1.73 bits per heavy atom. The quantitative estimate of drug-likeness (QED) is 0.374. The van der Waals surface area contributed by atoms with Crippen molar-refractivity contribution in [3.8, 4) is 11.5 Å². The van der Waals surface area contributed by atoms with E-state index < -0.39 is 0 Å². The van der Waals surface area contributed by atoms with Gasteiger partial charge in [-0.25, -0.2) is 4.79 Å². The molecule has 0 atom stereocenters. The van der Waals surface area contributed by atoms with Crippen LogP contribution in [0.5, 0.6) is 11.5 Å². The molecule has 33 heavy (non-hydrogen) atoms. The molecular weight excluding hydrogens is 484 g/mol. The predicted molar refractivity (Wildman–Crippen MR) is 131 cm³/mol. The third-order valence-corrected chi connectivity index (χ3v) is 6.09. The minimum absolute atomic E-state index is 0.155. The molecule has 4 aromatic rings. The molecule has 1 aliphatic heterocycles. The van der Waals surface area contributed by atoms with Crippen LogP contribution in [0.3, 0.4) is 0 Å². The van der Waals surface area contributed by atoms with Crippen molar-refractivity contribution in [1.82, 2.24) is 15.0 Å². The second-order valence-electron chi connectivity index (χ2n) is 7.93. The Morgan fingerprint density at radius 1 is 0.970 bits per heavy atom. The summed E-state index contributed by atoms with van der Waals surface area (Å²) in [5.41, 5.74) is 1.83. The van der Waals surface area contributed by atoms with Crippen LogP contribution in [0, 0.1) is 0 Å². The normalized spacial score (nSPS) is 14.4. The van der Waals surface area contributed by atoms with E-state index in [0.717, 1.165) is 41.0 Å². The van der Waals surface area contributed by atoms with Crippen LogP contribution < -0.4 is 10.1 Å². The topological polar surface area (TPSA) is 70.8 Å². The number of hydrogen-bond donors (Lipinski definition) is 1. The number of amides is 2. The predicted octanol–water partition coefficient (Wildman–Crippen LogP) is 5.73. The Hall–Kier alpha value is -3.36. The molecule has 0 radical (unpaired) electrons. The van der Waals surface area contributed by atoms with Gasteiger partial charge in [-0.05, 0) is 48.0 Å². The number of aromatic nitrogens is 1. The van der Waals surface area contributed by atoms with Gasteiger partial charge in [0.15, 0.2) is 11.4 Å². The Kier molecular flexibility index (Phi) is 6.28. The van der Waals surface area contributed by atoms with Crippen molar-refractivity contribution in [3.63, 3.8) is 0 Å². The van der Waals surface area contributed by atoms with E-state index in [1.165, 1.54) is 5.56 Å². The van der Waals surface area contributed by atoms with Gasteiger partial charge in [-0.15, -0.1) is 0 Å². The zero-order chi connectivity index (χ0) is 22.6. The number of piperazine rings is 1. The van der Waals surface area contributed by atoms with Gasteiger partial charge in [-0.2, -0.15) is 0 Å². The molecule has 0 aliphatic carbocycles. The Morgan fingerprint density at radius 3 is 2.55 bits per heavy atom. The summed E-state index contributed by atoms with van der Waals surface area (Å²) in [5.74, 6) is 2.06. The highest BCUT2D eigenvalue weighted by molar-refractivity contribution is 9.10. The first-order valence-electron chi connectivity index (χ1n) is 10.8. The van der Waals surface area contributed by atoms with Crippen LogP contribution in [-0.2, 0) is 6.54 Å². The number of nitrogens with zero attached hydrogens (tertiary/aromatic N) is 3. The number of para-hydroxylation sites is 1. The number of carbonyl (C=O) groups excluding carboxylic acids is 1. The van der Waals surface area contributed by atoms with Crippen molar-refractivity contribution in [1.29, 1.82) is 0 Å². The molecule has 0 saturated carbocycles. The number of carbonyl (C=O) groups is 1. The summed E-state index contributed by atoms with van der Waals surface area (Å²) in [6.07, 6.45) is 0.